The van der Waals surface area contributed by atoms with Gasteiger partial charge in [0.2, 0.25) is 12.7 Å². The third-order valence-electron chi connectivity index (χ3n) is 9.53. The molecule has 7 rings (SSSR count). The lowest BCUT2D eigenvalue weighted by molar-refractivity contribution is -0.150. The first-order valence-electron chi connectivity index (χ1n) is 15.1. The number of carbonyl (C=O) groups is 3. The summed E-state index contributed by atoms with van der Waals surface area (Å²) in [5.41, 5.74) is 4.22. The zero-order valence-corrected chi connectivity index (χ0v) is 26.8. The zero-order chi connectivity index (χ0) is 32.6. The first-order valence-corrected chi connectivity index (χ1v) is 16.1. The molecule has 2 fully saturated rings. The fourth-order valence-corrected chi connectivity index (χ4v) is 9.43. The number of hydrogen-bond donors (Lipinski definition) is 3. The fourth-order valence-electron chi connectivity index (χ4n) is 7.92. The Morgan fingerprint density at radius 1 is 1.15 bits per heavy atom. The zero-order valence-electron chi connectivity index (χ0n) is 26.0. The smallest absolute Gasteiger partial charge is 0.329 e. The number of aryl methyl sites for hydroxylation is 1. The van der Waals surface area contributed by atoms with Gasteiger partial charge in [0.25, 0.3) is 0 Å². The number of rotatable bonds is 3. The number of phenolic OH excluding ortho intramolecular Hbond substituents is 1. The van der Waals surface area contributed by atoms with Gasteiger partial charge in [-0.2, -0.15) is 5.26 Å². The Morgan fingerprint density at radius 2 is 1.91 bits per heavy atom. The summed E-state index contributed by atoms with van der Waals surface area (Å²) in [6.07, 6.45) is 0.470. The highest BCUT2D eigenvalue weighted by atomic mass is 32.2. The maximum absolute atomic E-state index is 13.4. The van der Waals surface area contributed by atoms with Crippen LogP contribution in [0.4, 0.5) is 0 Å². The van der Waals surface area contributed by atoms with Crippen molar-refractivity contribution < 1.29 is 43.2 Å². The number of aromatic hydroxyl groups is 1. The number of thioether (sulfide) groups is 1. The molecule has 2 unspecified atom stereocenters. The Labute approximate surface area is 269 Å². The quantitative estimate of drug-likeness (QED) is 0.327. The van der Waals surface area contributed by atoms with Crippen molar-refractivity contribution in [3.8, 4) is 34.8 Å². The number of nitrogens with zero attached hydrogens (tertiary/aromatic N) is 2. The van der Waals surface area contributed by atoms with Crippen molar-refractivity contribution in [2.45, 2.75) is 75.6 Å². The molecule has 0 spiro atoms. The van der Waals surface area contributed by atoms with Gasteiger partial charge < -0.3 is 39.4 Å². The summed E-state index contributed by atoms with van der Waals surface area (Å²) < 4.78 is 29.4. The predicted molar refractivity (Wildman–Crippen MR) is 163 cm³/mol. The van der Waals surface area contributed by atoms with E-state index in [0.29, 0.717) is 51.7 Å². The monoisotopic (exact) mass is 650 g/mol. The van der Waals surface area contributed by atoms with Crippen LogP contribution in [0.3, 0.4) is 0 Å². The highest BCUT2D eigenvalue weighted by Crippen LogP contribution is 2.62. The fraction of sp³-hybridized carbons (Fsp3) is 0.500. The molecule has 0 radical (unpaired) electrons. The standard InChI is InChI=1S/C32H34N4O9S/c1-12-6-16-7-17-19(8-33)36-20-9-42-32(40)18(34-14(3)37)10-46-31(25(36)24(35-17)21(16)26(39)27(12)41-5)23-22(20)30-29(43-11-44-30)13(2)28(23)45-15(4)38/h6,17-20,24-25,31,35,39H,7,9-11H2,1-5H3,(H,34,37)/t17-,18?,19-,20+,24+,25?,31+/m0/s1. The summed E-state index contributed by atoms with van der Waals surface area (Å²) in [6.45, 7) is 6.09. The Morgan fingerprint density at radius 3 is 2.61 bits per heavy atom. The number of methoxy groups -OCH3 is 1. The maximum Gasteiger partial charge on any atom is 0.329 e. The molecule has 2 saturated heterocycles. The van der Waals surface area contributed by atoms with Gasteiger partial charge in [-0.3, -0.25) is 14.5 Å². The van der Waals surface area contributed by atoms with E-state index >= 15 is 0 Å². The van der Waals surface area contributed by atoms with Crippen LogP contribution in [0.5, 0.6) is 28.7 Å². The van der Waals surface area contributed by atoms with Crippen molar-refractivity contribution in [3.05, 3.63) is 39.4 Å². The number of cyclic esters (lactones) is 1. The van der Waals surface area contributed by atoms with E-state index in [0.717, 1.165) is 11.1 Å². The van der Waals surface area contributed by atoms with Crippen LogP contribution < -0.4 is 29.6 Å². The predicted octanol–water partition coefficient (Wildman–Crippen LogP) is 2.39. The van der Waals surface area contributed by atoms with Gasteiger partial charge in [-0.1, -0.05) is 6.07 Å². The molecule has 0 aliphatic carbocycles. The molecule has 1 amide bonds. The molecule has 14 heteroatoms. The van der Waals surface area contributed by atoms with E-state index in [1.54, 1.807) is 6.92 Å². The van der Waals surface area contributed by atoms with Crippen LogP contribution in [0.2, 0.25) is 0 Å². The van der Waals surface area contributed by atoms with Crippen LogP contribution in [0.1, 0.15) is 64.6 Å². The van der Waals surface area contributed by atoms with Gasteiger partial charge in [-0.25, -0.2) is 4.79 Å². The van der Waals surface area contributed by atoms with E-state index in [4.69, 9.17) is 23.7 Å². The average Bonchev–Trinajstić information content (AvgIpc) is 3.50. The van der Waals surface area contributed by atoms with Gasteiger partial charge in [0, 0.05) is 53.9 Å². The second-order valence-electron chi connectivity index (χ2n) is 12.2. The van der Waals surface area contributed by atoms with Crippen LogP contribution >= 0.6 is 11.8 Å². The van der Waals surface area contributed by atoms with Gasteiger partial charge in [-0.15, -0.1) is 11.8 Å². The summed E-state index contributed by atoms with van der Waals surface area (Å²) in [6, 6.07) is 0.815. The first-order chi connectivity index (χ1) is 22.0. The molecule has 46 heavy (non-hydrogen) atoms. The van der Waals surface area contributed by atoms with Crippen LogP contribution in [0.15, 0.2) is 6.07 Å². The number of hydrogen-bond acceptors (Lipinski definition) is 13. The van der Waals surface area contributed by atoms with E-state index in [9.17, 15) is 24.8 Å². The number of ether oxygens (including phenoxy) is 5. The summed E-state index contributed by atoms with van der Waals surface area (Å²) in [4.78, 5) is 40.1. The summed E-state index contributed by atoms with van der Waals surface area (Å²) in [5, 5.41) is 28.3. The molecule has 242 valence electrons. The van der Waals surface area contributed by atoms with E-state index in [2.05, 4.69) is 21.6 Å². The molecule has 4 bridgehead atoms. The average molecular weight is 651 g/mol. The Balaban J connectivity index is 1.52. The van der Waals surface area contributed by atoms with E-state index in [-0.39, 0.29) is 36.9 Å². The number of carbonyl (C=O) groups excluding carboxylic acids is 3. The largest absolute Gasteiger partial charge is 0.504 e. The minimum absolute atomic E-state index is 0.0200. The van der Waals surface area contributed by atoms with Crippen molar-refractivity contribution in [2.75, 3.05) is 26.3 Å². The molecule has 7 atom stereocenters. The van der Waals surface area contributed by atoms with Gasteiger partial charge in [0.15, 0.2) is 23.0 Å². The number of amides is 1. The lowest BCUT2D eigenvalue weighted by atomic mass is 9.72. The number of fused-ring (bicyclic) bond motifs is 9. The number of esters is 2. The number of nitrogens with one attached hydrogen (secondary N) is 2. The molecular formula is C32H34N4O9S. The van der Waals surface area contributed by atoms with Crippen LogP contribution in [-0.4, -0.2) is 78.3 Å². The molecule has 0 saturated carbocycles. The second kappa shape index (κ2) is 11.3. The molecule has 5 aliphatic heterocycles. The van der Waals surface area contributed by atoms with Crippen molar-refractivity contribution in [3.63, 3.8) is 0 Å². The molecule has 0 aromatic heterocycles. The Bertz CT molecular complexity index is 1720. The van der Waals surface area contributed by atoms with Crippen molar-refractivity contribution in [1.29, 1.82) is 5.26 Å². The van der Waals surface area contributed by atoms with Crippen LogP contribution in [0.25, 0.3) is 0 Å². The second-order valence-corrected chi connectivity index (χ2v) is 13.4. The van der Waals surface area contributed by atoms with Gasteiger partial charge in [0.05, 0.1) is 30.5 Å². The number of benzene rings is 2. The lowest BCUT2D eigenvalue weighted by Crippen LogP contribution is -2.69. The summed E-state index contributed by atoms with van der Waals surface area (Å²) in [7, 11) is 1.51. The van der Waals surface area contributed by atoms with Crippen molar-refractivity contribution >= 4 is 29.6 Å². The lowest BCUT2D eigenvalue weighted by Gasteiger charge is -2.59. The number of phenols is 1. The first kappa shape index (κ1) is 30.5. The molecule has 3 N–H and O–H groups in total. The van der Waals surface area contributed by atoms with Gasteiger partial charge in [-0.05, 0) is 31.4 Å². The summed E-state index contributed by atoms with van der Waals surface area (Å²) >= 11 is 1.38. The minimum Gasteiger partial charge on any atom is -0.504 e. The molecule has 2 aromatic carbocycles. The normalized spacial score (nSPS) is 29.0. The van der Waals surface area contributed by atoms with Crippen LogP contribution in [0, 0.1) is 25.2 Å². The third-order valence-corrected chi connectivity index (χ3v) is 10.9. The minimum atomic E-state index is -0.947. The summed E-state index contributed by atoms with van der Waals surface area (Å²) in [5.74, 6) is 0.189. The highest BCUT2D eigenvalue weighted by molar-refractivity contribution is 7.99. The molecule has 13 nitrogen and oxygen atoms in total. The molecule has 5 aliphatic rings. The molecule has 5 heterocycles. The highest BCUT2D eigenvalue weighted by Gasteiger charge is 2.59. The maximum atomic E-state index is 13.4. The number of piperazine rings is 1. The Kier molecular flexibility index (Phi) is 7.45. The van der Waals surface area contributed by atoms with Crippen LogP contribution in [-0.2, 0) is 25.5 Å². The molecule has 2 aromatic rings. The van der Waals surface area contributed by atoms with Crippen molar-refractivity contribution in [2.24, 2.45) is 0 Å². The number of nitriles is 1. The van der Waals surface area contributed by atoms with E-state index < -0.39 is 47.4 Å². The Hall–Kier alpha value is -4.19. The van der Waals surface area contributed by atoms with Crippen molar-refractivity contribution in [1.82, 2.24) is 15.5 Å². The van der Waals surface area contributed by atoms with E-state index in [1.165, 1.54) is 32.7 Å². The van der Waals surface area contributed by atoms with E-state index in [1.807, 2.05) is 13.0 Å². The SMILES string of the molecule is COc1c(C)cc2c(c1O)[C@H]1N[C@@H](C2)[C@H](C#N)N2C1[C@@H]1SCC(NC(C)=O)C(=O)OC[C@@H]2c2c3c(c(C)c(OC(C)=O)c21)OCO3. The topological polar surface area (TPSA) is 169 Å². The van der Waals surface area contributed by atoms with Gasteiger partial charge >= 0.3 is 11.9 Å². The van der Waals surface area contributed by atoms with Gasteiger partial charge in [0.1, 0.15) is 24.4 Å². The third kappa shape index (κ3) is 4.47. The molecular weight excluding hydrogens is 616 g/mol.